The molecule has 6 heteroatoms. The van der Waals surface area contributed by atoms with Gasteiger partial charge in [0.05, 0.1) is 18.2 Å². The smallest absolute Gasteiger partial charge is 0.251 e. The molecule has 3 rings (SSSR count). The third-order valence-electron chi connectivity index (χ3n) is 5.54. The largest absolute Gasteiger partial charge is 0.372 e. The van der Waals surface area contributed by atoms with Crippen LogP contribution >= 0.6 is 0 Å². The van der Waals surface area contributed by atoms with Crippen molar-refractivity contribution in [3.8, 4) is 0 Å². The number of nitrogens with zero attached hydrogens (tertiary/aromatic N) is 2. The van der Waals surface area contributed by atoms with Crippen molar-refractivity contribution in [1.82, 2.24) is 15.1 Å². The first-order chi connectivity index (χ1) is 12.9. The molecule has 1 N–H and O–H groups in total. The van der Waals surface area contributed by atoms with Crippen LogP contribution in [0.2, 0.25) is 0 Å². The predicted molar refractivity (Wildman–Crippen MR) is 105 cm³/mol. The number of carbonyl (C=O) groups excluding carboxylic acids is 2. The van der Waals surface area contributed by atoms with Crippen LogP contribution in [-0.2, 0) is 9.53 Å². The van der Waals surface area contributed by atoms with Crippen molar-refractivity contribution in [3.63, 3.8) is 0 Å². The van der Waals surface area contributed by atoms with Crippen molar-refractivity contribution in [2.45, 2.75) is 57.9 Å². The normalized spacial score (nSPS) is 25.8. The molecule has 0 aromatic heterocycles. The standard InChI is InChI=1S/C21H31N3O3/c1-15-13-24(14-16(2)27-15)21(26)17(3)23-11-9-19(10-12-23)22-20(25)18-7-5-4-6-8-18/h4-8,15-17,19H,9-14H2,1-3H3,(H,22,25)/t15-,16-,17-/m1/s1. The summed E-state index contributed by atoms with van der Waals surface area (Å²) in [4.78, 5) is 29.4. The summed E-state index contributed by atoms with van der Waals surface area (Å²) in [6, 6.07) is 9.35. The van der Waals surface area contributed by atoms with Gasteiger partial charge in [-0.1, -0.05) is 18.2 Å². The minimum absolute atomic E-state index is 0.0190. The Morgan fingerprint density at radius 2 is 1.67 bits per heavy atom. The Hall–Kier alpha value is -1.92. The third-order valence-corrected chi connectivity index (χ3v) is 5.54. The van der Waals surface area contributed by atoms with Crippen molar-refractivity contribution in [2.24, 2.45) is 0 Å². The number of likely N-dealkylation sites (tertiary alicyclic amines) is 1. The topological polar surface area (TPSA) is 61.9 Å². The third kappa shape index (κ3) is 5.08. The van der Waals surface area contributed by atoms with Gasteiger partial charge >= 0.3 is 0 Å². The summed E-state index contributed by atoms with van der Waals surface area (Å²) in [7, 11) is 0. The molecular weight excluding hydrogens is 342 g/mol. The SMILES string of the molecule is C[C@@H]1CN(C(=O)[C@@H](C)N2CCC(NC(=O)c3ccccc3)CC2)C[C@@H](C)O1. The quantitative estimate of drug-likeness (QED) is 0.876. The fourth-order valence-electron chi connectivity index (χ4n) is 4.07. The molecule has 0 radical (unpaired) electrons. The lowest BCUT2D eigenvalue weighted by molar-refractivity contribution is -0.148. The zero-order valence-electron chi connectivity index (χ0n) is 16.6. The number of hydrogen-bond donors (Lipinski definition) is 1. The van der Waals surface area contributed by atoms with Gasteiger partial charge in [-0.3, -0.25) is 14.5 Å². The van der Waals surface area contributed by atoms with E-state index in [1.54, 1.807) is 0 Å². The molecule has 3 atom stereocenters. The molecule has 1 aromatic rings. The number of amides is 2. The molecule has 2 saturated heterocycles. The number of morpholine rings is 1. The van der Waals surface area contributed by atoms with E-state index < -0.39 is 0 Å². The minimum Gasteiger partial charge on any atom is -0.372 e. The Balaban J connectivity index is 1.48. The molecule has 2 aliphatic heterocycles. The Kier molecular flexibility index (Phi) is 6.50. The monoisotopic (exact) mass is 373 g/mol. The van der Waals surface area contributed by atoms with Crippen LogP contribution in [0.25, 0.3) is 0 Å². The lowest BCUT2D eigenvalue weighted by Crippen LogP contribution is -2.56. The Labute approximate surface area is 161 Å². The summed E-state index contributed by atoms with van der Waals surface area (Å²) in [6.45, 7) is 9.00. The molecule has 0 bridgehead atoms. The van der Waals surface area contributed by atoms with Crippen LogP contribution < -0.4 is 5.32 Å². The number of ether oxygens (including phenoxy) is 1. The minimum atomic E-state index is -0.131. The van der Waals surface area contributed by atoms with Crippen molar-refractivity contribution in [2.75, 3.05) is 26.2 Å². The first-order valence-corrected chi connectivity index (χ1v) is 9.98. The van der Waals surface area contributed by atoms with E-state index in [0.717, 1.165) is 25.9 Å². The highest BCUT2D eigenvalue weighted by Crippen LogP contribution is 2.18. The first kappa shape index (κ1) is 19.8. The van der Waals surface area contributed by atoms with Crippen LogP contribution in [0, 0.1) is 0 Å². The van der Waals surface area contributed by atoms with Gasteiger partial charge in [-0.25, -0.2) is 0 Å². The maximum absolute atomic E-state index is 12.9. The van der Waals surface area contributed by atoms with Crippen LogP contribution in [0.5, 0.6) is 0 Å². The molecule has 2 fully saturated rings. The fourth-order valence-corrected chi connectivity index (χ4v) is 4.07. The van der Waals surface area contributed by atoms with E-state index in [1.807, 2.05) is 56.0 Å². The summed E-state index contributed by atoms with van der Waals surface area (Å²) in [6.07, 6.45) is 1.91. The van der Waals surface area contributed by atoms with Gasteiger partial charge in [0.25, 0.3) is 5.91 Å². The summed E-state index contributed by atoms with van der Waals surface area (Å²) in [5.74, 6) is 0.165. The van der Waals surface area contributed by atoms with E-state index in [2.05, 4.69) is 10.2 Å². The summed E-state index contributed by atoms with van der Waals surface area (Å²) < 4.78 is 5.73. The zero-order chi connectivity index (χ0) is 19.4. The molecule has 0 unspecified atom stereocenters. The zero-order valence-corrected chi connectivity index (χ0v) is 16.6. The molecule has 0 saturated carbocycles. The fraction of sp³-hybridized carbons (Fsp3) is 0.619. The number of piperidine rings is 1. The number of hydrogen-bond acceptors (Lipinski definition) is 4. The van der Waals surface area contributed by atoms with E-state index in [9.17, 15) is 9.59 Å². The second kappa shape index (κ2) is 8.85. The van der Waals surface area contributed by atoms with Gasteiger partial charge in [0, 0.05) is 37.8 Å². The van der Waals surface area contributed by atoms with E-state index in [4.69, 9.17) is 4.74 Å². The molecule has 27 heavy (non-hydrogen) atoms. The van der Waals surface area contributed by atoms with Crippen LogP contribution in [0.4, 0.5) is 0 Å². The number of carbonyl (C=O) groups is 2. The van der Waals surface area contributed by atoms with E-state index in [1.165, 1.54) is 0 Å². The van der Waals surface area contributed by atoms with Crippen LogP contribution in [0.1, 0.15) is 44.0 Å². The summed E-state index contributed by atoms with van der Waals surface area (Å²) in [5, 5.41) is 3.12. The molecule has 0 spiro atoms. The average Bonchev–Trinajstić information content (AvgIpc) is 2.67. The Morgan fingerprint density at radius 3 is 2.26 bits per heavy atom. The lowest BCUT2D eigenvalue weighted by Gasteiger charge is -2.40. The van der Waals surface area contributed by atoms with Crippen LogP contribution in [0.15, 0.2) is 30.3 Å². The number of rotatable bonds is 4. The molecule has 2 heterocycles. The van der Waals surface area contributed by atoms with Gasteiger partial charge in [0.2, 0.25) is 5.91 Å². The Morgan fingerprint density at radius 1 is 1.07 bits per heavy atom. The van der Waals surface area contributed by atoms with Gasteiger partial charge in [0.1, 0.15) is 0 Å². The van der Waals surface area contributed by atoms with Gasteiger partial charge in [0.15, 0.2) is 0 Å². The van der Waals surface area contributed by atoms with Gasteiger partial charge < -0.3 is 15.0 Å². The Bertz CT molecular complexity index is 633. The molecular formula is C21H31N3O3. The van der Waals surface area contributed by atoms with Crippen molar-refractivity contribution in [1.29, 1.82) is 0 Å². The van der Waals surface area contributed by atoms with Crippen molar-refractivity contribution in [3.05, 3.63) is 35.9 Å². The summed E-state index contributed by atoms with van der Waals surface area (Å²) in [5.41, 5.74) is 0.694. The molecule has 2 aliphatic rings. The van der Waals surface area contributed by atoms with Crippen molar-refractivity contribution >= 4 is 11.8 Å². The highest BCUT2D eigenvalue weighted by atomic mass is 16.5. The molecule has 0 aliphatic carbocycles. The highest BCUT2D eigenvalue weighted by Gasteiger charge is 2.33. The second-order valence-electron chi connectivity index (χ2n) is 7.83. The maximum Gasteiger partial charge on any atom is 0.251 e. The second-order valence-corrected chi connectivity index (χ2v) is 7.83. The first-order valence-electron chi connectivity index (χ1n) is 9.98. The maximum atomic E-state index is 12.9. The number of nitrogens with one attached hydrogen (secondary N) is 1. The van der Waals surface area contributed by atoms with Gasteiger partial charge in [-0.15, -0.1) is 0 Å². The number of benzene rings is 1. The molecule has 148 valence electrons. The molecule has 6 nitrogen and oxygen atoms in total. The van der Waals surface area contributed by atoms with Crippen LogP contribution in [-0.4, -0.2) is 72.1 Å². The highest BCUT2D eigenvalue weighted by molar-refractivity contribution is 5.94. The van der Waals surface area contributed by atoms with E-state index in [-0.39, 0.29) is 36.1 Å². The summed E-state index contributed by atoms with van der Waals surface area (Å²) >= 11 is 0. The average molecular weight is 373 g/mol. The molecule has 1 aromatic carbocycles. The molecule has 2 amide bonds. The van der Waals surface area contributed by atoms with Gasteiger partial charge in [-0.2, -0.15) is 0 Å². The van der Waals surface area contributed by atoms with Crippen LogP contribution in [0.3, 0.4) is 0 Å². The lowest BCUT2D eigenvalue weighted by atomic mass is 10.0. The van der Waals surface area contributed by atoms with E-state index >= 15 is 0 Å². The van der Waals surface area contributed by atoms with Crippen molar-refractivity contribution < 1.29 is 14.3 Å². The van der Waals surface area contributed by atoms with E-state index in [0.29, 0.717) is 18.7 Å². The van der Waals surface area contributed by atoms with Gasteiger partial charge in [-0.05, 0) is 45.7 Å². The predicted octanol–water partition coefficient (Wildman–Crippen LogP) is 1.91.